The molecule has 7 heteroatoms. The van der Waals surface area contributed by atoms with Crippen LogP contribution in [0, 0.1) is 11.3 Å². The van der Waals surface area contributed by atoms with Gasteiger partial charge in [-0.1, -0.05) is 87.9 Å². The molecule has 2 rings (SSSR count). The van der Waals surface area contributed by atoms with E-state index in [4.69, 9.17) is 9.94 Å². The standard InChI is InChI=1S/C27H36N2O5/c1-27(2,3)25(24(31)21-14-8-5-9-15-21)28-26(32)22(18-23(30)29-33)16-10-11-17-34-19-20-12-6-4-7-13-20/h4-9,12-15,22,25,33H,10-11,16-19H2,1-3H3,(H,28,32)(H,29,30)/t22?,25-/m1/s1. The molecule has 0 heterocycles. The van der Waals surface area contributed by atoms with Gasteiger partial charge in [-0.25, -0.2) is 5.48 Å². The maximum atomic E-state index is 13.1. The Balaban J connectivity index is 1.95. The van der Waals surface area contributed by atoms with Crippen molar-refractivity contribution in [1.82, 2.24) is 10.8 Å². The average Bonchev–Trinajstić information content (AvgIpc) is 2.83. The molecule has 7 nitrogen and oxygen atoms in total. The molecule has 0 aliphatic rings. The Morgan fingerprint density at radius 2 is 1.56 bits per heavy atom. The van der Waals surface area contributed by atoms with Crippen molar-refractivity contribution < 1.29 is 24.3 Å². The van der Waals surface area contributed by atoms with Crippen LogP contribution in [0.4, 0.5) is 0 Å². The number of rotatable bonds is 13. The van der Waals surface area contributed by atoms with E-state index in [-0.39, 0.29) is 18.1 Å². The molecule has 0 aromatic heterocycles. The van der Waals surface area contributed by atoms with Crippen LogP contribution in [0.25, 0.3) is 0 Å². The summed E-state index contributed by atoms with van der Waals surface area (Å²) in [5.41, 5.74) is 2.68. The number of nitrogens with one attached hydrogen (secondary N) is 2. The highest BCUT2D eigenvalue weighted by Gasteiger charge is 2.35. The highest BCUT2D eigenvalue weighted by Crippen LogP contribution is 2.24. The van der Waals surface area contributed by atoms with Crippen LogP contribution in [-0.2, 0) is 20.9 Å². The second-order valence-corrected chi connectivity index (χ2v) is 9.51. The third kappa shape index (κ3) is 9.08. The van der Waals surface area contributed by atoms with Crippen molar-refractivity contribution >= 4 is 17.6 Å². The van der Waals surface area contributed by atoms with Gasteiger partial charge >= 0.3 is 0 Å². The van der Waals surface area contributed by atoms with E-state index >= 15 is 0 Å². The third-order valence-corrected chi connectivity index (χ3v) is 5.60. The minimum Gasteiger partial charge on any atom is -0.377 e. The van der Waals surface area contributed by atoms with E-state index in [1.807, 2.05) is 57.2 Å². The number of unbranched alkanes of at least 4 members (excludes halogenated alkanes) is 1. The fraction of sp³-hybridized carbons (Fsp3) is 0.444. The molecule has 34 heavy (non-hydrogen) atoms. The zero-order chi connectivity index (χ0) is 25.0. The van der Waals surface area contributed by atoms with Crippen molar-refractivity contribution in [2.24, 2.45) is 11.3 Å². The highest BCUT2D eigenvalue weighted by molar-refractivity contribution is 6.02. The molecule has 2 aromatic rings. The van der Waals surface area contributed by atoms with Crippen LogP contribution in [0.3, 0.4) is 0 Å². The fourth-order valence-electron chi connectivity index (χ4n) is 3.66. The number of hydroxylamine groups is 1. The summed E-state index contributed by atoms with van der Waals surface area (Å²) in [5.74, 6) is -1.86. The summed E-state index contributed by atoms with van der Waals surface area (Å²) < 4.78 is 5.69. The Morgan fingerprint density at radius 1 is 0.941 bits per heavy atom. The summed E-state index contributed by atoms with van der Waals surface area (Å²) in [6.07, 6.45) is 1.66. The molecule has 0 spiro atoms. The van der Waals surface area contributed by atoms with Gasteiger partial charge in [0.2, 0.25) is 11.8 Å². The highest BCUT2D eigenvalue weighted by atomic mass is 16.5. The Bertz CT molecular complexity index is 910. The van der Waals surface area contributed by atoms with Crippen LogP contribution in [-0.4, -0.2) is 35.5 Å². The SMILES string of the molecule is CC(C)(C)[C@H](NC(=O)C(CCCCOCc1ccccc1)CC(=O)NO)C(=O)c1ccccc1. The van der Waals surface area contributed by atoms with E-state index in [2.05, 4.69) is 5.32 Å². The van der Waals surface area contributed by atoms with Crippen LogP contribution >= 0.6 is 0 Å². The van der Waals surface area contributed by atoms with Crippen LogP contribution in [0.5, 0.6) is 0 Å². The van der Waals surface area contributed by atoms with Gasteiger partial charge in [0.25, 0.3) is 0 Å². The summed E-state index contributed by atoms with van der Waals surface area (Å²) in [7, 11) is 0. The van der Waals surface area contributed by atoms with Gasteiger partial charge in [0, 0.05) is 24.5 Å². The van der Waals surface area contributed by atoms with Gasteiger partial charge in [-0.15, -0.1) is 0 Å². The lowest BCUT2D eigenvalue weighted by atomic mass is 9.81. The smallest absolute Gasteiger partial charge is 0.244 e. The number of carbonyl (C=O) groups is 3. The lowest BCUT2D eigenvalue weighted by Gasteiger charge is -2.31. The molecule has 0 bridgehead atoms. The molecular formula is C27H36N2O5. The first-order valence-corrected chi connectivity index (χ1v) is 11.7. The normalized spacial score (nSPS) is 13.1. The number of ether oxygens (including phenoxy) is 1. The summed E-state index contributed by atoms with van der Waals surface area (Å²) in [6, 6.07) is 17.9. The van der Waals surface area contributed by atoms with Gasteiger partial charge in [-0.2, -0.15) is 0 Å². The minimum atomic E-state index is -0.753. The van der Waals surface area contributed by atoms with Crippen LogP contribution in [0.15, 0.2) is 60.7 Å². The number of hydrogen-bond acceptors (Lipinski definition) is 5. The molecule has 2 atom stereocenters. The Morgan fingerprint density at radius 3 is 2.15 bits per heavy atom. The number of benzene rings is 2. The van der Waals surface area contributed by atoms with Crippen molar-refractivity contribution in [2.75, 3.05) is 6.61 Å². The average molecular weight is 469 g/mol. The lowest BCUT2D eigenvalue weighted by Crippen LogP contribution is -2.51. The maximum absolute atomic E-state index is 13.1. The second kappa shape index (κ2) is 13.6. The predicted molar refractivity (Wildman–Crippen MR) is 130 cm³/mol. The van der Waals surface area contributed by atoms with E-state index in [1.165, 1.54) is 0 Å². The van der Waals surface area contributed by atoms with E-state index in [0.717, 1.165) is 12.0 Å². The summed E-state index contributed by atoms with van der Waals surface area (Å²) in [5, 5.41) is 11.8. The molecule has 0 fully saturated rings. The first-order valence-electron chi connectivity index (χ1n) is 11.7. The molecule has 2 amide bonds. The van der Waals surface area contributed by atoms with Crippen molar-refractivity contribution in [3.63, 3.8) is 0 Å². The minimum absolute atomic E-state index is 0.163. The molecule has 2 aromatic carbocycles. The topological polar surface area (TPSA) is 105 Å². The van der Waals surface area contributed by atoms with Gasteiger partial charge in [-0.3, -0.25) is 19.6 Å². The van der Waals surface area contributed by atoms with E-state index in [0.29, 0.717) is 31.6 Å². The number of carbonyl (C=O) groups excluding carboxylic acids is 3. The second-order valence-electron chi connectivity index (χ2n) is 9.51. The Labute approximate surface area is 201 Å². The van der Waals surface area contributed by atoms with Gasteiger partial charge in [0.05, 0.1) is 12.6 Å². The zero-order valence-electron chi connectivity index (χ0n) is 20.3. The molecule has 0 saturated heterocycles. The monoisotopic (exact) mass is 468 g/mol. The molecule has 0 aliphatic carbocycles. The summed E-state index contributed by atoms with van der Waals surface area (Å²) in [6.45, 7) is 6.72. The maximum Gasteiger partial charge on any atom is 0.244 e. The first kappa shape index (κ1) is 27.2. The summed E-state index contributed by atoms with van der Waals surface area (Å²) in [4.78, 5) is 38.1. The number of amides is 2. The molecule has 3 N–H and O–H groups in total. The van der Waals surface area contributed by atoms with Crippen molar-refractivity contribution in [1.29, 1.82) is 0 Å². The van der Waals surface area contributed by atoms with Crippen molar-refractivity contribution in [2.45, 2.75) is 59.1 Å². The molecular weight excluding hydrogens is 432 g/mol. The van der Waals surface area contributed by atoms with Gasteiger partial charge in [-0.05, 0) is 23.8 Å². The zero-order valence-corrected chi connectivity index (χ0v) is 20.3. The predicted octanol–water partition coefficient (Wildman–Crippen LogP) is 4.30. The molecule has 1 unspecified atom stereocenters. The Kier molecular flexibility index (Phi) is 10.9. The number of ketones is 1. The van der Waals surface area contributed by atoms with Crippen LogP contribution in [0.2, 0.25) is 0 Å². The van der Waals surface area contributed by atoms with E-state index in [1.54, 1.807) is 29.7 Å². The van der Waals surface area contributed by atoms with Gasteiger partial charge in [0.1, 0.15) is 0 Å². The van der Waals surface area contributed by atoms with Crippen molar-refractivity contribution in [3.8, 4) is 0 Å². The largest absolute Gasteiger partial charge is 0.377 e. The quantitative estimate of drug-likeness (QED) is 0.176. The van der Waals surface area contributed by atoms with Crippen molar-refractivity contribution in [3.05, 3.63) is 71.8 Å². The molecule has 0 radical (unpaired) electrons. The van der Waals surface area contributed by atoms with Crippen LogP contribution < -0.4 is 10.8 Å². The van der Waals surface area contributed by atoms with E-state index < -0.39 is 23.3 Å². The van der Waals surface area contributed by atoms with E-state index in [9.17, 15) is 14.4 Å². The third-order valence-electron chi connectivity index (χ3n) is 5.60. The van der Waals surface area contributed by atoms with Gasteiger partial charge in [0.15, 0.2) is 5.78 Å². The number of hydrogen-bond donors (Lipinski definition) is 3. The lowest BCUT2D eigenvalue weighted by molar-refractivity contribution is -0.135. The molecule has 184 valence electrons. The molecule has 0 aliphatic heterocycles. The Hall–Kier alpha value is -3.03. The number of Topliss-reactive ketones (excluding diaryl/α,β-unsaturated/α-hetero) is 1. The summed E-state index contributed by atoms with van der Waals surface area (Å²) >= 11 is 0. The fourth-order valence-corrected chi connectivity index (χ4v) is 3.66. The first-order chi connectivity index (χ1) is 16.2. The molecule has 0 saturated carbocycles. The van der Waals surface area contributed by atoms with Gasteiger partial charge < -0.3 is 10.1 Å². The van der Waals surface area contributed by atoms with Crippen LogP contribution in [0.1, 0.15) is 62.4 Å².